The summed E-state index contributed by atoms with van der Waals surface area (Å²) in [5, 5.41) is 4.53. The average Bonchev–Trinajstić information content (AvgIpc) is 2.32. The Bertz CT molecular complexity index is 365. The topological polar surface area (TPSA) is 88.8 Å². The van der Waals surface area contributed by atoms with Crippen LogP contribution in [0.3, 0.4) is 0 Å². The molecule has 0 radical (unpaired) electrons. The highest BCUT2D eigenvalue weighted by molar-refractivity contribution is 7.89. The smallest absolute Gasteiger partial charge is 0.271 e. The molecule has 0 bridgehead atoms. The third kappa shape index (κ3) is 1.66. The number of nitrogens with two attached hydrogens (primary N) is 1. The van der Waals surface area contributed by atoms with Crippen molar-refractivity contribution in [1.82, 2.24) is 9.97 Å². The minimum Gasteiger partial charge on any atom is -0.334 e. The zero-order valence-corrected chi connectivity index (χ0v) is 6.43. The van der Waals surface area contributed by atoms with Crippen LogP contribution >= 0.6 is 0 Å². The van der Waals surface area contributed by atoms with Crippen LogP contribution in [0.4, 0.5) is 0 Å². The Balaban J connectivity index is 3.18. The van der Waals surface area contributed by atoms with E-state index in [1.807, 2.05) is 0 Å². The molecule has 0 unspecified atom stereocenters. The lowest BCUT2D eigenvalue weighted by Crippen LogP contribution is -2.13. The lowest BCUT2D eigenvalue weighted by atomic mass is 10.5. The van der Waals surface area contributed by atoms with Crippen LogP contribution in [-0.4, -0.2) is 18.4 Å². The molecular formula is C5H7N3O2S. The van der Waals surface area contributed by atoms with Crippen LogP contribution in [0, 0.1) is 0 Å². The second-order valence-corrected chi connectivity index (χ2v) is 3.36. The quantitative estimate of drug-likeness (QED) is 0.643. The Labute approximate surface area is 64.0 Å². The van der Waals surface area contributed by atoms with Crippen molar-refractivity contribution < 1.29 is 8.42 Å². The Morgan fingerprint density at radius 3 is 2.64 bits per heavy atom. The maximum Gasteiger partial charge on any atom is 0.271 e. The molecule has 1 rings (SSSR count). The normalized spacial score (nSPS) is 11.4. The van der Waals surface area contributed by atoms with Gasteiger partial charge in [-0.3, -0.25) is 0 Å². The minimum atomic E-state index is -3.71. The Kier molecular flexibility index (Phi) is 1.79. The summed E-state index contributed by atoms with van der Waals surface area (Å²) in [6, 6.07) is 0. The van der Waals surface area contributed by atoms with Gasteiger partial charge in [0.25, 0.3) is 10.0 Å². The van der Waals surface area contributed by atoms with E-state index < -0.39 is 10.0 Å². The molecule has 1 aromatic rings. The SMILES string of the molecule is C=Cc1c[nH]c(S(N)(=O)=O)n1. The van der Waals surface area contributed by atoms with Gasteiger partial charge < -0.3 is 4.98 Å². The molecule has 1 aromatic heterocycles. The predicted molar refractivity (Wildman–Crippen MR) is 40.1 cm³/mol. The summed E-state index contributed by atoms with van der Waals surface area (Å²) in [6.45, 7) is 3.41. The van der Waals surface area contributed by atoms with Gasteiger partial charge in [-0.15, -0.1) is 0 Å². The molecule has 60 valence electrons. The molecule has 0 atom stereocenters. The van der Waals surface area contributed by atoms with Crippen LogP contribution in [0.25, 0.3) is 6.08 Å². The third-order valence-electron chi connectivity index (χ3n) is 1.05. The lowest BCUT2D eigenvalue weighted by Gasteiger charge is -1.86. The number of imidazole rings is 1. The van der Waals surface area contributed by atoms with Crippen LogP contribution in [0.1, 0.15) is 5.69 Å². The number of rotatable bonds is 2. The minimum absolute atomic E-state index is 0.243. The van der Waals surface area contributed by atoms with Gasteiger partial charge in [0, 0.05) is 6.20 Å². The molecular weight excluding hydrogens is 166 g/mol. The molecule has 0 spiro atoms. The van der Waals surface area contributed by atoms with Crippen LogP contribution in [0.15, 0.2) is 17.9 Å². The van der Waals surface area contributed by atoms with Gasteiger partial charge in [-0.25, -0.2) is 18.5 Å². The van der Waals surface area contributed by atoms with Gasteiger partial charge in [-0.2, -0.15) is 0 Å². The summed E-state index contributed by atoms with van der Waals surface area (Å²) in [7, 11) is -3.71. The molecule has 0 saturated carbocycles. The first-order valence-corrected chi connectivity index (χ1v) is 4.29. The van der Waals surface area contributed by atoms with Crippen molar-refractivity contribution in [2.24, 2.45) is 5.14 Å². The molecule has 1 heterocycles. The van der Waals surface area contributed by atoms with Crippen molar-refractivity contribution in [2.75, 3.05) is 0 Å². The maximum atomic E-state index is 10.6. The fraction of sp³-hybridized carbons (Fsp3) is 0. The van der Waals surface area contributed by atoms with Crippen molar-refractivity contribution >= 4 is 16.1 Å². The van der Waals surface area contributed by atoms with Crippen molar-refractivity contribution in [2.45, 2.75) is 5.16 Å². The monoisotopic (exact) mass is 173 g/mol. The average molecular weight is 173 g/mol. The third-order valence-corrected chi connectivity index (χ3v) is 1.80. The molecule has 6 heteroatoms. The maximum absolute atomic E-state index is 10.6. The lowest BCUT2D eigenvalue weighted by molar-refractivity contribution is 0.590. The van der Waals surface area contributed by atoms with Gasteiger partial charge in [0.2, 0.25) is 5.16 Å². The second-order valence-electron chi connectivity index (χ2n) is 1.88. The molecule has 5 nitrogen and oxygen atoms in total. The molecule has 0 fully saturated rings. The highest BCUT2D eigenvalue weighted by Gasteiger charge is 2.10. The molecule has 0 amide bonds. The number of sulfonamides is 1. The van der Waals surface area contributed by atoms with Gasteiger partial charge in [-0.1, -0.05) is 6.58 Å². The molecule has 0 aliphatic rings. The van der Waals surface area contributed by atoms with E-state index in [-0.39, 0.29) is 5.16 Å². The van der Waals surface area contributed by atoms with Crippen LogP contribution in [-0.2, 0) is 10.0 Å². The van der Waals surface area contributed by atoms with E-state index in [9.17, 15) is 8.42 Å². The molecule has 3 N–H and O–H groups in total. The van der Waals surface area contributed by atoms with E-state index >= 15 is 0 Å². The van der Waals surface area contributed by atoms with E-state index in [1.165, 1.54) is 12.3 Å². The van der Waals surface area contributed by atoms with Crippen molar-refractivity contribution in [1.29, 1.82) is 0 Å². The fourth-order valence-electron chi connectivity index (χ4n) is 0.568. The van der Waals surface area contributed by atoms with E-state index in [2.05, 4.69) is 16.5 Å². The number of hydrogen-bond donors (Lipinski definition) is 2. The number of H-pyrrole nitrogens is 1. The Morgan fingerprint density at radius 1 is 1.73 bits per heavy atom. The first-order chi connectivity index (χ1) is 5.04. The van der Waals surface area contributed by atoms with Gasteiger partial charge in [0.05, 0.1) is 5.69 Å². The van der Waals surface area contributed by atoms with Crippen LogP contribution < -0.4 is 5.14 Å². The predicted octanol–water partition coefficient (Wildman–Crippen LogP) is -0.300. The standard InChI is InChI=1S/C5H7N3O2S/c1-2-4-3-7-5(8-4)11(6,9)10/h2-3H,1H2,(H,7,8)(H2,6,9,10). The summed E-state index contributed by atoms with van der Waals surface area (Å²) in [4.78, 5) is 6.01. The van der Waals surface area contributed by atoms with Crippen LogP contribution in [0.2, 0.25) is 0 Å². The van der Waals surface area contributed by atoms with Gasteiger partial charge in [0.1, 0.15) is 0 Å². The van der Waals surface area contributed by atoms with Gasteiger partial charge >= 0.3 is 0 Å². The summed E-state index contributed by atoms with van der Waals surface area (Å²) in [5.74, 6) is 0. The number of primary sulfonamides is 1. The van der Waals surface area contributed by atoms with E-state index in [0.717, 1.165) is 0 Å². The largest absolute Gasteiger partial charge is 0.334 e. The van der Waals surface area contributed by atoms with Gasteiger partial charge in [-0.05, 0) is 6.08 Å². The van der Waals surface area contributed by atoms with Crippen LogP contribution in [0.5, 0.6) is 0 Å². The number of nitrogens with zero attached hydrogens (tertiary/aromatic N) is 1. The summed E-state index contributed by atoms with van der Waals surface area (Å²) in [6.07, 6.45) is 2.83. The van der Waals surface area contributed by atoms with E-state index in [0.29, 0.717) is 5.69 Å². The zero-order chi connectivity index (χ0) is 8.48. The first-order valence-electron chi connectivity index (χ1n) is 2.74. The summed E-state index contributed by atoms with van der Waals surface area (Å²) in [5.41, 5.74) is 0.453. The van der Waals surface area contributed by atoms with Crippen molar-refractivity contribution in [3.63, 3.8) is 0 Å². The Morgan fingerprint density at radius 2 is 2.36 bits per heavy atom. The highest BCUT2D eigenvalue weighted by Crippen LogP contribution is 2.01. The van der Waals surface area contributed by atoms with Gasteiger partial charge in [0.15, 0.2) is 0 Å². The van der Waals surface area contributed by atoms with E-state index in [4.69, 9.17) is 5.14 Å². The van der Waals surface area contributed by atoms with E-state index in [1.54, 1.807) is 0 Å². The second kappa shape index (κ2) is 2.48. The Hall–Kier alpha value is -1.14. The highest BCUT2D eigenvalue weighted by atomic mass is 32.2. The summed E-state index contributed by atoms with van der Waals surface area (Å²) < 4.78 is 21.2. The van der Waals surface area contributed by atoms with Crippen molar-refractivity contribution in [3.05, 3.63) is 18.5 Å². The fourth-order valence-corrected chi connectivity index (χ4v) is 1.02. The zero-order valence-electron chi connectivity index (χ0n) is 5.61. The number of aromatic nitrogens is 2. The molecule has 0 saturated heterocycles. The number of hydrogen-bond acceptors (Lipinski definition) is 3. The first kappa shape index (κ1) is 7.96. The molecule has 0 aromatic carbocycles. The van der Waals surface area contributed by atoms with Crippen molar-refractivity contribution in [3.8, 4) is 0 Å². The molecule has 11 heavy (non-hydrogen) atoms. The molecule has 0 aliphatic carbocycles. The number of aromatic amines is 1. The number of nitrogens with one attached hydrogen (secondary N) is 1. The summed E-state index contributed by atoms with van der Waals surface area (Å²) >= 11 is 0. The molecule has 0 aliphatic heterocycles.